The van der Waals surface area contributed by atoms with Crippen LogP contribution < -0.4 is 5.32 Å². The summed E-state index contributed by atoms with van der Waals surface area (Å²) in [5, 5.41) is 12.7. The van der Waals surface area contributed by atoms with Crippen LogP contribution in [0.25, 0.3) is 0 Å². The highest BCUT2D eigenvalue weighted by atomic mass is 35.5. The highest BCUT2D eigenvalue weighted by Gasteiger charge is 2.14. The Labute approximate surface area is 120 Å². The Bertz CT molecular complexity index is 461. The average molecular weight is 278 g/mol. The van der Waals surface area contributed by atoms with E-state index in [2.05, 4.69) is 23.2 Å². The Morgan fingerprint density at radius 2 is 2.16 bits per heavy atom. The summed E-state index contributed by atoms with van der Waals surface area (Å²) in [5.74, 6) is 0.604. The van der Waals surface area contributed by atoms with Gasteiger partial charge in [0.05, 0.1) is 10.6 Å². The minimum absolute atomic E-state index is 0.514. The standard InChI is InChI=1S/C15H20ClN3/c1-12(11-19-6-2-3-7-19)10-18-14-5-4-13(9-17)15(16)8-14/h4-5,8,12,18H,2-3,6-7,10-11H2,1H3. The first-order chi connectivity index (χ1) is 9.19. The van der Waals surface area contributed by atoms with Gasteiger partial charge in [-0.15, -0.1) is 0 Å². The van der Waals surface area contributed by atoms with Crippen molar-refractivity contribution in [1.29, 1.82) is 5.26 Å². The van der Waals surface area contributed by atoms with Gasteiger partial charge in [0.15, 0.2) is 0 Å². The van der Waals surface area contributed by atoms with Crippen LogP contribution in [0.4, 0.5) is 5.69 Å². The lowest BCUT2D eigenvalue weighted by Crippen LogP contribution is -2.28. The van der Waals surface area contributed by atoms with E-state index in [9.17, 15) is 0 Å². The van der Waals surface area contributed by atoms with Gasteiger partial charge in [0.1, 0.15) is 6.07 Å². The van der Waals surface area contributed by atoms with E-state index in [1.54, 1.807) is 6.07 Å². The summed E-state index contributed by atoms with van der Waals surface area (Å²) in [4.78, 5) is 2.53. The third-order valence-electron chi connectivity index (χ3n) is 3.51. The number of nitrogens with one attached hydrogen (secondary N) is 1. The van der Waals surface area contributed by atoms with E-state index in [4.69, 9.17) is 16.9 Å². The number of benzene rings is 1. The van der Waals surface area contributed by atoms with Crippen LogP contribution >= 0.6 is 11.6 Å². The Balaban J connectivity index is 1.81. The molecule has 0 aliphatic carbocycles. The van der Waals surface area contributed by atoms with Crippen molar-refractivity contribution in [3.63, 3.8) is 0 Å². The molecule has 0 aromatic heterocycles. The Hall–Kier alpha value is -1.24. The predicted octanol–water partition coefficient (Wildman–Crippen LogP) is 3.36. The molecule has 1 aromatic rings. The van der Waals surface area contributed by atoms with E-state index in [0.717, 1.165) is 18.8 Å². The van der Waals surface area contributed by atoms with Crippen molar-refractivity contribution < 1.29 is 0 Å². The Morgan fingerprint density at radius 3 is 2.79 bits per heavy atom. The SMILES string of the molecule is CC(CNc1ccc(C#N)c(Cl)c1)CN1CCCC1. The molecule has 0 bridgehead atoms. The Kier molecular flexibility index (Phi) is 5.07. The zero-order chi connectivity index (χ0) is 13.7. The molecule has 0 amide bonds. The first-order valence-corrected chi connectivity index (χ1v) is 7.22. The highest BCUT2D eigenvalue weighted by Crippen LogP contribution is 2.20. The maximum absolute atomic E-state index is 8.83. The van der Waals surface area contributed by atoms with E-state index >= 15 is 0 Å². The third kappa shape index (κ3) is 4.12. The number of nitrogens with zero attached hydrogens (tertiary/aromatic N) is 2. The molecule has 1 atom stereocenters. The molecule has 4 heteroatoms. The fraction of sp³-hybridized carbons (Fsp3) is 0.533. The molecule has 1 aliphatic heterocycles. The number of rotatable bonds is 5. The highest BCUT2D eigenvalue weighted by molar-refractivity contribution is 6.32. The topological polar surface area (TPSA) is 39.1 Å². The number of hydrogen-bond donors (Lipinski definition) is 1. The summed E-state index contributed by atoms with van der Waals surface area (Å²) >= 11 is 6.01. The van der Waals surface area contributed by atoms with Gasteiger partial charge in [0.25, 0.3) is 0 Å². The number of nitriles is 1. The second kappa shape index (κ2) is 6.79. The molecule has 19 heavy (non-hydrogen) atoms. The van der Waals surface area contributed by atoms with E-state index in [1.807, 2.05) is 12.1 Å². The predicted molar refractivity (Wildman–Crippen MR) is 79.5 cm³/mol. The zero-order valence-electron chi connectivity index (χ0n) is 11.3. The van der Waals surface area contributed by atoms with Crippen molar-refractivity contribution >= 4 is 17.3 Å². The van der Waals surface area contributed by atoms with Crippen molar-refractivity contribution in [2.75, 3.05) is 31.5 Å². The second-order valence-corrected chi connectivity index (χ2v) is 5.71. The van der Waals surface area contributed by atoms with Crippen molar-refractivity contribution in [1.82, 2.24) is 4.90 Å². The summed E-state index contributed by atoms with van der Waals surface area (Å²) in [5.41, 5.74) is 1.51. The molecule has 102 valence electrons. The molecule has 0 radical (unpaired) electrons. The van der Waals surface area contributed by atoms with E-state index in [0.29, 0.717) is 16.5 Å². The maximum atomic E-state index is 8.83. The minimum Gasteiger partial charge on any atom is -0.385 e. The number of anilines is 1. The van der Waals surface area contributed by atoms with Gasteiger partial charge in [-0.1, -0.05) is 18.5 Å². The molecule has 0 saturated carbocycles. The summed E-state index contributed by atoms with van der Waals surface area (Å²) < 4.78 is 0. The molecule has 1 saturated heterocycles. The molecule has 1 aliphatic rings. The van der Waals surface area contributed by atoms with Gasteiger partial charge in [-0.05, 0) is 50.0 Å². The fourth-order valence-corrected chi connectivity index (χ4v) is 2.70. The van der Waals surface area contributed by atoms with E-state index in [1.165, 1.54) is 25.9 Å². The fourth-order valence-electron chi connectivity index (χ4n) is 2.48. The summed E-state index contributed by atoms with van der Waals surface area (Å²) in [6, 6.07) is 7.56. The lowest BCUT2D eigenvalue weighted by molar-refractivity contribution is 0.294. The van der Waals surface area contributed by atoms with Gasteiger partial charge in [0.2, 0.25) is 0 Å². The molecular weight excluding hydrogens is 258 g/mol. The second-order valence-electron chi connectivity index (χ2n) is 5.30. The monoisotopic (exact) mass is 277 g/mol. The molecule has 1 heterocycles. The molecule has 1 unspecified atom stereocenters. The third-order valence-corrected chi connectivity index (χ3v) is 3.83. The molecule has 3 nitrogen and oxygen atoms in total. The van der Waals surface area contributed by atoms with Gasteiger partial charge in [-0.3, -0.25) is 0 Å². The van der Waals surface area contributed by atoms with Gasteiger partial charge < -0.3 is 10.2 Å². The van der Waals surface area contributed by atoms with Crippen LogP contribution in [0, 0.1) is 17.2 Å². The zero-order valence-corrected chi connectivity index (χ0v) is 12.1. The largest absolute Gasteiger partial charge is 0.385 e. The van der Waals surface area contributed by atoms with Crippen molar-refractivity contribution in [3.05, 3.63) is 28.8 Å². The summed E-state index contributed by atoms with van der Waals surface area (Å²) in [6.45, 7) is 6.83. The van der Waals surface area contributed by atoms with Crippen molar-refractivity contribution in [3.8, 4) is 6.07 Å². The molecule has 1 fully saturated rings. The molecule has 1 aromatic carbocycles. The van der Waals surface area contributed by atoms with Crippen molar-refractivity contribution in [2.45, 2.75) is 19.8 Å². The van der Waals surface area contributed by atoms with Crippen LogP contribution in [0.5, 0.6) is 0 Å². The normalized spacial score (nSPS) is 17.1. The van der Waals surface area contributed by atoms with Gasteiger partial charge >= 0.3 is 0 Å². The number of likely N-dealkylation sites (tertiary alicyclic amines) is 1. The lowest BCUT2D eigenvalue weighted by Gasteiger charge is -2.21. The van der Waals surface area contributed by atoms with Gasteiger partial charge in [-0.2, -0.15) is 5.26 Å². The van der Waals surface area contributed by atoms with E-state index < -0.39 is 0 Å². The van der Waals surface area contributed by atoms with Crippen LogP contribution in [0.2, 0.25) is 5.02 Å². The quantitative estimate of drug-likeness (QED) is 0.897. The molecular formula is C15H20ClN3. The molecule has 1 N–H and O–H groups in total. The van der Waals surface area contributed by atoms with Crippen LogP contribution in [-0.4, -0.2) is 31.1 Å². The van der Waals surface area contributed by atoms with Gasteiger partial charge in [-0.25, -0.2) is 0 Å². The van der Waals surface area contributed by atoms with Crippen LogP contribution in [0.15, 0.2) is 18.2 Å². The number of hydrogen-bond acceptors (Lipinski definition) is 3. The number of halogens is 1. The first-order valence-electron chi connectivity index (χ1n) is 6.85. The minimum atomic E-state index is 0.514. The summed E-state index contributed by atoms with van der Waals surface area (Å²) in [6.07, 6.45) is 2.68. The molecule has 0 spiro atoms. The Morgan fingerprint density at radius 1 is 1.42 bits per heavy atom. The van der Waals surface area contributed by atoms with Crippen LogP contribution in [0.3, 0.4) is 0 Å². The van der Waals surface area contributed by atoms with Gasteiger partial charge in [0, 0.05) is 18.8 Å². The smallest absolute Gasteiger partial charge is 0.101 e. The maximum Gasteiger partial charge on any atom is 0.101 e. The lowest BCUT2D eigenvalue weighted by atomic mass is 10.1. The van der Waals surface area contributed by atoms with Crippen LogP contribution in [-0.2, 0) is 0 Å². The van der Waals surface area contributed by atoms with E-state index in [-0.39, 0.29) is 0 Å². The first kappa shape index (κ1) is 14.2. The average Bonchev–Trinajstić information content (AvgIpc) is 2.89. The van der Waals surface area contributed by atoms with Crippen LogP contribution in [0.1, 0.15) is 25.3 Å². The van der Waals surface area contributed by atoms with Crippen molar-refractivity contribution in [2.24, 2.45) is 5.92 Å². The molecule has 2 rings (SSSR count). The summed E-state index contributed by atoms with van der Waals surface area (Å²) in [7, 11) is 0.